The van der Waals surface area contributed by atoms with Gasteiger partial charge in [0.1, 0.15) is 5.75 Å². The number of ether oxygens (including phenoxy) is 1. The average molecular weight is 371 g/mol. The molecule has 0 saturated carbocycles. The second-order valence-electron chi connectivity index (χ2n) is 7.10. The lowest BCUT2D eigenvalue weighted by Crippen LogP contribution is -2.50. The van der Waals surface area contributed by atoms with E-state index >= 15 is 0 Å². The van der Waals surface area contributed by atoms with Gasteiger partial charge >= 0.3 is 0 Å². The predicted octanol–water partition coefficient (Wildman–Crippen LogP) is 4.81. The van der Waals surface area contributed by atoms with E-state index in [-0.39, 0.29) is 11.4 Å². The fraction of sp³-hybridized carbons (Fsp3) is 0.333. The number of rotatable bonds is 5. The minimum atomic E-state index is -0.705. The Labute approximate surface area is 160 Å². The summed E-state index contributed by atoms with van der Waals surface area (Å²) in [5, 5.41) is 9.23. The molecule has 4 nitrogen and oxygen atoms in total. The molecule has 2 aromatic rings. The van der Waals surface area contributed by atoms with E-state index in [0.717, 1.165) is 5.56 Å². The number of benzene rings is 2. The van der Waals surface area contributed by atoms with Crippen LogP contribution in [0.2, 0.25) is 5.02 Å². The van der Waals surface area contributed by atoms with Gasteiger partial charge in [0.15, 0.2) is 6.10 Å². The number of carbonyl (C=O) groups excluding carboxylic acids is 1. The maximum atomic E-state index is 13.0. The van der Waals surface area contributed by atoms with E-state index in [1.165, 1.54) is 6.07 Å². The molecule has 0 aliphatic rings. The molecule has 0 spiro atoms. The quantitative estimate of drug-likeness (QED) is 0.759. The van der Waals surface area contributed by atoms with E-state index < -0.39 is 6.10 Å². The van der Waals surface area contributed by atoms with Crippen LogP contribution in [0.5, 0.6) is 5.75 Å². The molecule has 0 aliphatic carbocycles. The Morgan fingerprint density at radius 2 is 1.88 bits per heavy atom. The molecular formula is C21H23ClN2O2. The van der Waals surface area contributed by atoms with Crippen molar-refractivity contribution in [1.29, 1.82) is 5.26 Å². The van der Waals surface area contributed by atoms with Crippen LogP contribution in [-0.4, -0.2) is 22.4 Å². The SMILES string of the molecule is C[C@@H](Oc1ccc(C#N)cc1Cl)C(=O)N(Cc1ccccc1)C(C)(C)C. The molecule has 0 saturated heterocycles. The molecule has 0 heterocycles. The first-order chi connectivity index (χ1) is 12.2. The van der Waals surface area contributed by atoms with Crippen LogP contribution in [0.1, 0.15) is 38.8 Å². The van der Waals surface area contributed by atoms with E-state index in [4.69, 9.17) is 21.6 Å². The second kappa shape index (κ2) is 8.25. The topological polar surface area (TPSA) is 53.3 Å². The number of nitriles is 1. The van der Waals surface area contributed by atoms with E-state index in [0.29, 0.717) is 22.9 Å². The summed E-state index contributed by atoms with van der Waals surface area (Å²) in [6, 6.07) is 16.6. The first-order valence-electron chi connectivity index (χ1n) is 8.44. The molecule has 5 heteroatoms. The summed E-state index contributed by atoms with van der Waals surface area (Å²) >= 11 is 6.16. The lowest BCUT2D eigenvalue weighted by Gasteiger charge is -2.37. The van der Waals surface area contributed by atoms with E-state index in [9.17, 15) is 4.79 Å². The lowest BCUT2D eigenvalue weighted by atomic mass is 10.0. The third-order valence-electron chi connectivity index (χ3n) is 3.97. The van der Waals surface area contributed by atoms with Crippen molar-refractivity contribution in [3.8, 4) is 11.8 Å². The van der Waals surface area contributed by atoms with Gasteiger partial charge in [-0.2, -0.15) is 5.26 Å². The molecule has 0 fully saturated rings. The normalized spacial score (nSPS) is 12.2. The van der Waals surface area contributed by atoms with Gasteiger partial charge < -0.3 is 9.64 Å². The number of amides is 1. The predicted molar refractivity (Wildman–Crippen MR) is 103 cm³/mol. The van der Waals surface area contributed by atoms with Gasteiger partial charge in [0.2, 0.25) is 0 Å². The van der Waals surface area contributed by atoms with Crippen LogP contribution in [0.3, 0.4) is 0 Å². The summed E-state index contributed by atoms with van der Waals surface area (Å²) in [6.07, 6.45) is -0.705. The van der Waals surface area contributed by atoms with Crippen molar-refractivity contribution in [3.05, 3.63) is 64.7 Å². The summed E-state index contributed by atoms with van der Waals surface area (Å²) in [5.74, 6) is 0.266. The van der Waals surface area contributed by atoms with Gasteiger partial charge in [0.25, 0.3) is 5.91 Å². The van der Waals surface area contributed by atoms with E-state index in [2.05, 4.69) is 0 Å². The molecule has 0 aliphatic heterocycles. The van der Waals surface area contributed by atoms with Gasteiger partial charge in [-0.1, -0.05) is 41.9 Å². The Morgan fingerprint density at radius 3 is 2.42 bits per heavy atom. The number of hydrogen-bond acceptors (Lipinski definition) is 3. The fourth-order valence-electron chi connectivity index (χ4n) is 2.54. The number of carbonyl (C=O) groups is 1. The second-order valence-corrected chi connectivity index (χ2v) is 7.51. The molecule has 2 rings (SSSR count). The van der Waals surface area contributed by atoms with Crippen molar-refractivity contribution in [1.82, 2.24) is 4.90 Å². The Bertz CT molecular complexity index is 807. The monoisotopic (exact) mass is 370 g/mol. The molecule has 0 radical (unpaired) electrons. The molecule has 0 aromatic heterocycles. The minimum Gasteiger partial charge on any atom is -0.479 e. The Kier molecular flexibility index (Phi) is 6.28. The highest BCUT2D eigenvalue weighted by atomic mass is 35.5. The molecule has 1 atom stereocenters. The van der Waals surface area contributed by atoms with Crippen molar-refractivity contribution in [2.45, 2.75) is 45.9 Å². The van der Waals surface area contributed by atoms with Crippen LogP contribution in [0.4, 0.5) is 0 Å². The minimum absolute atomic E-state index is 0.123. The van der Waals surface area contributed by atoms with Gasteiger partial charge in [-0.05, 0) is 51.5 Å². The summed E-state index contributed by atoms with van der Waals surface area (Å²) in [5.41, 5.74) is 1.14. The zero-order chi connectivity index (χ0) is 19.3. The largest absolute Gasteiger partial charge is 0.479 e. The lowest BCUT2D eigenvalue weighted by molar-refractivity contribution is -0.143. The Balaban J connectivity index is 2.18. The zero-order valence-electron chi connectivity index (χ0n) is 15.5. The van der Waals surface area contributed by atoms with Gasteiger partial charge in [-0.3, -0.25) is 4.79 Å². The van der Waals surface area contributed by atoms with Gasteiger partial charge in [0, 0.05) is 12.1 Å². The molecule has 1 amide bonds. The highest BCUT2D eigenvalue weighted by Gasteiger charge is 2.31. The summed E-state index contributed by atoms with van der Waals surface area (Å²) < 4.78 is 5.79. The van der Waals surface area contributed by atoms with Crippen LogP contribution < -0.4 is 4.74 Å². The number of hydrogen-bond donors (Lipinski definition) is 0. The summed E-state index contributed by atoms with van der Waals surface area (Å²) in [7, 11) is 0. The fourth-order valence-corrected chi connectivity index (χ4v) is 2.76. The molecule has 136 valence electrons. The Morgan fingerprint density at radius 1 is 1.23 bits per heavy atom. The van der Waals surface area contributed by atoms with Crippen molar-refractivity contribution in [2.75, 3.05) is 0 Å². The molecule has 0 bridgehead atoms. The standard InChI is InChI=1S/C21H23ClN2O2/c1-15(26-19-11-10-17(13-23)12-18(19)22)20(25)24(21(2,3)4)14-16-8-6-5-7-9-16/h5-12,15H,14H2,1-4H3/t15-/m1/s1. The number of nitrogens with zero attached hydrogens (tertiary/aromatic N) is 2. The van der Waals surface area contributed by atoms with Crippen LogP contribution in [0.25, 0.3) is 0 Å². The van der Waals surface area contributed by atoms with E-state index in [1.807, 2.05) is 57.2 Å². The van der Waals surface area contributed by atoms with Gasteiger partial charge in [-0.25, -0.2) is 0 Å². The first kappa shape index (κ1) is 19.8. The van der Waals surface area contributed by atoms with Crippen LogP contribution >= 0.6 is 11.6 Å². The van der Waals surface area contributed by atoms with Crippen LogP contribution in [0, 0.1) is 11.3 Å². The third kappa shape index (κ3) is 5.00. The van der Waals surface area contributed by atoms with Gasteiger partial charge in [-0.15, -0.1) is 0 Å². The molecular weight excluding hydrogens is 348 g/mol. The smallest absolute Gasteiger partial charge is 0.264 e. The maximum absolute atomic E-state index is 13.0. The third-order valence-corrected chi connectivity index (χ3v) is 4.27. The zero-order valence-corrected chi connectivity index (χ0v) is 16.2. The van der Waals surface area contributed by atoms with Crippen molar-refractivity contribution in [3.63, 3.8) is 0 Å². The first-order valence-corrected chi connectivity index (χ1v) is 8.82. The molecule has 0 N–H and O–H groups in total. The van der Waals surface area contributed by atoms with Crippen LogP contribution in [0.15, 0.2) is 48.5 Å². The molecule has 26 heavy (non-hydrogen) atoms. The van der Waals surface area contributed by atoms with Crippen molar-refractivity contribution in [2.24, 2.45) is 0 Å². The van der Waals surface area contributed by atoms with Crippen molar-refractivity contribution < 1.29 is 9.53 Å². The maximum Gasteiger partial charge on any atom is 0.264 e. The van der Waals surface area contributed by atoms with E-state index in [1.54, 1.807) is 24.0 Å². The Hall–Kier alpha value is -2.51. The summed E-state index contributed by atoms with van der Waals surface area (Å²) in [4.78, 5) is 14.8. The average Bonchev–Trinajstić information content (AvgIpc) is 2.60. The summed E-state index contributed by atoms with van der Waals surface area (Å²) in [6.45, 7) is 8.19. The molecule has 0 unspecified atom stereocenters. The van der Waals surface area contributed by atoms with Crippen molar-refractivity contribution >= 4 is 17.5 Å². The number of halogens is 1. The molecule has 2 aromatic carbocycles. The van der Waals surface area contributed by atoms with Gasteiger partial charge in [0.05, 0.1) is 16.7 Å². The highest BCUT2D eigenvalue weighted by Crippen LogP contribution is 2.27. The van der Waals surface area contributed by atoms with Crippen LogP contribution in [-0.2, 0) is 11.3 Å². The highest BCUT2D eigenvalue weighted by molar-refractivity contribution is 6.32.